The smallest absolute Gasteiger partial charge is 0.237 e. The highest BCUT2D eigenvalue weighted by Gasteiger charge is 2.22. The normalized spacial score (nSPS) is 12.7. The molecule has 5 rings (SSSR count). The number of carbonyl (C=O) groups is 1. The molecule has 0 spiro atoms. The number of hydrogen-bond donors (Lipinski definition) is 0. The van der Waals surface area contributed by atoms with Crippen LogP contribution >= 0.6 is 23.1 Å². The average molecular weight is 483 g/mol. The summed E-state index contributed by atoms with van der Waals surface area (Å²) in [6, 6.07) is 11.5. The molecule has 8 nitrogen and oxygen atoms in total. The van der Waals surface area contributed by atoms with Crippen molar-refractivity contribution < 1.29 is 18.7 Å². The minimum Gasteiger partial charge on any atom is -0.486 e. The second kappa shape index (κ2) is 9.32. The monoisotopic (exact) mass is 482 g/mol. The molecule has 0 unspecified atom stereocenters. The Morgan fingerprint density at radius 1 is 1.18 bits per heavy atom. The van der Waals surface area contributed by atoms with Gasteiger partial charge in [-0.1, -0.05) is 17.8 Å². The second-order valence-corrected chi connectivity index (χ2v) is 9.41. The van der Waals surface area contributed by atoms with Gasteiger partial charge in [0.15, 0.2) is 22.5 Å². The average Bonchev–Trinajstić information content (AvgIpc) is 3.57. The van der Waals surface area contributed by atoms with Gasteiger partial charge < -0.3 is 23.4 Å². The number of thiophene rings is 1. The topological polar surface area (TPSA) is 82.6 Å². The van der Waals surface area contributed by atoms with Gasteiger partial charge in [-0.2, -0.15) is 0 Å². The molecule has 170 valence electrons. The van der Waals surface area contributed by atoms with Crippen LogP contribution in [0.4, 0.5) is 5.69 Å². The molecule has 4 heterocycles. The van der Waals surface area contributed by atoms with Gasteiger partial charge in [-0.05, 0) is 36.6 Å². The number of amides is 1. The largest absolute Gasteiger partial charge is 0.486 e. The van der Waals surface area contributed by atoms with Crippen LogP contribution in [-0.4, -0.2) is 39.6 Å². The van der Waals surface area contributed by atoms with E-state index in [1.807, 2.05) is 60.3 Å². The molecule has 0 atom stereocenters. The molecule has 1 aliphatic heterocycles. The van der Waals surface area contributed by atoms with Gasteiger partial charge in [0, 0.05) is 23.7 Å². The first kappa shape index (κ1) is 21.6. The van der Waals surface area contributed by atoms with Gasteiger partial charge >= 0.3 is 0 Å². The molecule has 0 saturated carbocycles. The first-order chi connectivity index (χ1) is 16.1. The van der Waals surface area contributed by atoms with E-state index >= 15 is 0 Å². The summed E-state index contributed by atoms with van der Waals surface area (Å²) in [6.07, 6.45) is 1.63. The van der Waals surface area contributed by atoms with Crippen LogP contribution in [0.1, 0.15) is 10.6 Å². The van der Waals surface area contributed by atoms with E-state index in [9.17, 15) is 4.79 Å². The third-order valence-corrected chi connectivity index (χ3v) is 7.16. The van der Waals surface area contributed by atoms with Crippen molar-refractivity contribution in [2.75, 3.05) is 23.9 Å². The van der Waals surface area contributed by atoms with Gasteiger partial charge in [0.25, 0.3) is 0 Å². The molecular weight excluding hydrogens is 460 g/mol. The number of nitrogens with zero attached hydrogens (tertiary/aromatic N) is 4. The maximum atomic E-state index is 13.4. The zero-order valence-corrected chi connectivity index (χ0v) is 19.8. The highest BCUT2D eigenvalue weighted by Crippen LogP contribution is 2.35. The zero-order valence-electron chi connectivity index (χ0n) is 18.2. The van der Waals surface area contributed by atoms with Crippen molar-refractivity contribution in [3.63, 3.8) is 0 Å². The Kier molecular flexibility index (Phi) is 6.10. The fourth-order valence-electron chi connectivity index (χ4n) is 3.58. The number of furan rings is 1. The van der Waals surface area contributed by atoms with Crippen LogP contribution in [0.25, 0.3) is 11.4 Å². The number of rotatable bonds is 7. The maximum absolute atomic E-state index is 13.4. The van der Waals surface area contributed by atoms with Crippen LogP contribution in [0.15, 0.2) is 57.6 Å². The van der Waals surface area contributed by atoms with Crippen LogP contribution in [-0.2, 0) is 18.4 Å². The Morgan fingerprint density at radius 3 is 2.79 bits per heavy atom. The molecule has 0 N–H and O–H groups in total. The van der Waals surface area contributed by atoms with Gasteiger partial charge in [-0.25, -0.2) is 0 Å². The number of thioether (sulfide) groups is 1. The molecule has 0 aliphatic carbocycles. The van der Waals surface area contributed by atoms with Crippen LogP contribution in [0.5, 0.6) is 11.5 Å². The lowest BCUT2D eigenvalue weighted by molar-refractivity contribution is -0.116. The third kappa shape index (κ3) is 4.49. The number of hydrogen-bond acceptors (Lipinski definition) is 8. The van der Waals surface area contributed by atoms with Crippen molar-refractivity contribution in [2.24, 2.45) is 7.05 Å². The predicted molar refractivity (Wildman–Crippen MR) is 127 cm³/mol. The maximum Gasteiger partial charge on any atom is 0.237 e. The van der Waals surface area contributed by atoms with E-state index in [-0.39, 0.29) is 11.7 Å². The number of anilines is 1. The number of fused-ring (bicyclic) bond motifs is 1. The summed E-state index contributed by atoms with van der Waals surface area (Å²) < 4.78 is 18.6. The molecule has 10 heteroatoms. The summed E-state index contributed by atoms with van der Waals surface area (Å²) >= 11 is 2.98. The van der Waals surface area contributed by atoms with E-state index in [1.165, 1.54) is 11.8 Å². The van der Waals surface area contributed by atoms with Gasteiger partial charge in [-0.15, -0.1) is 21.5 Å². The first-order valence-electron chi connectivity index (χ1n) is 10.4. The molecular formula is C23H22N4O4S2. The van der Waals surface area contributed by atoms with E-state index in [0.29, 0.717) is 42.2 Å². The molecule has 0 radical (unpaired) electrons. The molecule has 0 saturated heterocycles. The standard InChI is InChI=1S/C23H22N4O4S2/c1-15-18(7-8-29-15)22-24-25-23(26(22)2)33-14-21(28)27(13-17-4-3-11-32-17)16-5-6-19-20(12-16)31-10-9-30-19/h3-8,11-12H,9-10,13-14H2,1-2H3. The highest BCUT2D eigenvalue weighted by atomic mass is 32.2. The minimum absolute atomic E-state index is 0.0332. The zero-order chi connectivity index (χ0) is 22.8. The lowest BCUT2D eigenvalue weighted by atomic mass is 10.2. The Bertz CT molecular complexity index is 1270. The van der Waals surface area contributed by atoms with E-state index in [0.717, 1.165) is 21.9 Å². The van der Waals surface area contributed by atoms with Crippen molar-refractivity contribution in [1.82, 2.24) is 14.8 Å². The van der Waals surface area contributed by atoms with Crippen LogP contribution in [0.3, 0.4) is 0 Å². The Morgan fingerprint density at radius 2 is 2.03 bits per heavy atom. The van der Waals surface area contributed by atoms with Gasteiger partial charge in [0.05, 0.1) is 24.1 Å². The van der Waals surface area contributed by atoms with Crippen molar-refractivity contribution in [1.29, 1.82) is 0 Å². The van der Waals surface area contributed by atoms with Crippen molar-refractivity contribution in [2.45, 2.75) is 18.6 Å². The highest BCUT2D eigenvalue weighted by molar-refractivity contribution is 7.99. The first-order valence-corrected chi connectivity index (χ1v) is 12.3. The molecule has 33 heavy (non-hydrogen) atoms. The van der Waals surface area contributed by atoms with Crippen LogP contribution in [0, 0.1) is 6.92 Å². The summed E-state index contributed by atoms with van der Waals surface area (Å²) in [6.45, 7) is 3.39. The van der Waals surface area contributed by atoms with Crippen LogP contribution in [0.2, 0.25) is 0 Å². The lowest BCUT2D eigenvalue weighted by Gasteiger charge is -2.25. The van der Waals surface area contributed by atoms with Crippen LogP contribution < -0.4 is 14.4 Å². The Hall–Kier alpha value is -3.24. The van der Waals surface area contributed by atoms with Gasteiger partial charge in [0.1, 0.15) is 19.0 Å². The van der Waals surface area contributed by atoms with Gasteiger partial charge in [0.2, 0.25) is 5.91 Å². The van der Waals surface area contributed by atoms with Crippen molar-refractivity contribution in [3.8, 4) is 22.9 Å². The summed E-state index contributed by atoms with van der Waals surface area (Å²) in [5.41, 5.74) is 1.66. The summed E-state index contributed by atoms with van der Waals surface area (Å²) in [7, 11) is 1.89. The molecule has 1 amide bonds. The lowest BCUT2D eigenvalue weighted by Crippen LogP contribution is -2.32. The Labute approximate surface area is 199 Å². The van der Waals surface area contributed by atoms with Crippen molar-refractivity contribution in [3.05, 3.63) is 58.7 Å². The SMILES string of the molecule is Cc1occc1-c1nnc(SCC(=O)N(Cc2cccs2)c2ccc3c(c2)OCCO3)n1C. The quantitative estimate of drug-likeness (QED) is 0.358. The number of aryl methyl sites for hydroxylation is 1. The summed E-state index contributed by atoms with van der Waals surface area (Å²) in [5.74, 6) is 3.02. The summed E-state index contributed by atoms with van der Waals surface area (Å²) in [5, 5.41) is 11.2. The molecule has 1 aliphatic rings. The fourth-order valence-corrected chi connectivity index (χ4v) is 5.06. The van der Waals surface area contributed by atoms with Crippen molar-refractivity contribution >= 4 is 34.7 Å². The van der Waals surface area contributed by atoms with E-state index in [4.69, 9.17) is 13.9 Å². The molecule has 0 bridgehead atoms. The number of carbonyl (C=O) groups excluding carboxylic acids is 1. The molecule has 3 aromatic heterocycles. The van der Waals surface area contributed by atoms with E-state index in [2.05, 4.69) is 10.2 Å². The number of ether oxygens (including phenoxy) is 2. The van der Waals surface area contributed by atoms with E-state index < -0.39 is 0 Å². The minimum atomic E-state index is -0.0332. The predicted octanol–water partition coefficient (Wildman–Crippen LogP) is 4.54. The molecule has 1 aromatic carbocycles. The summed E-state index contributed by atoms with van der Waals surface area (Å²) in [4.78, 5) is 16.2. The molecule has 4 aromatic rings. The van der Waals surface area contributed by atoms with E-state index in [1.54, 1.807) is 22.5 Å². The van der Waals surface area contributed by atoms with Gasteiger partial charge in [-0.3, -0.25) is 4.79 Å². The second-order valence-electron chi connectivity index (χ2n) is 7.43. The fraction of sp³-hybridized carbons (Fsp3) is 0.261. The number of benzene rings is 1. The molecule has 0 fully saturated rings. The third-order valence-electron chi connectivity index (χ3n) is 5.29. The Balaban J connectivity index is 1.36. The number of aromatic nitrogens is 3.